The minimum Gasteiger partial charge on any atom is -0.481 e. The Labute approximate surface area is 152 Å². The first-order valence-corrected chi connectivity index (χ1v) is 11.2. The van der Waals surface area contributed by atoms with E-state index < -0.39 is 33.5 Å². The summed E-state index contributed by atoms with van der Waals surface area (Å²) < 4.78 is 24.5. The number of thioether (sulfide) groups is 1. The van der Waals surface area contributed by atoms with E-state index in [1.165, 1.54) is 4.90 Å². The number of carboxylic acids is 1. The van der Waals surface area contributed by atoms with E-state index in [1.807, 2.05) is 30.3 Å². The zero-order chi connectivity index (χ0) is 18.3. The summed E-state index contributed by atoms with van der Waals surface area (Å²) in [4.78, 5) is 24.7. The van der Waals surface area contributed by atoms with Crippen molar-refractivity contribution in [2.24, 2.45) is 0 Å². The van der Waals surface area contributed by atoms with Crippen molar-refractivity contribution in [3.05, 3.63) is 35.9 Å². The Balaban J connectivity index is 1.87. The second kappa shape index (κ2) is 9.24. The van der Waals surface area contributed by atoms with Gasteiger partial charge >= 0.3 is 5.97 Å². The molecule has 2 rings (SSSR count). The molecule has 1 saturated heterocycles. The normalized spacial score (nSPS) is 18.1. The minimum atomic E-state index is -3.50. The molecule has 1 aromatic rings. The number of carbonyl (C=O) groups is 2. The number of nitrogens with zero attached hydrogens (tertiary/aromatic N) is 1. The molecular weight excluding hydrogens is 362 g/mol. The molecule has 1 aromatic carbocycles. The molecule has 0 aliphatic carbocycles. The summed E-state index contributed by atoms with van der Waals surface area (Å²) in [6.45, 7) is 0.404. The van der Waals surface area contributed by atoms with E-state index in [2.05, 4.69) is 0 Å². The van der Waals surface area contributed by atoms with Gasteiger partial charge in [-0.15, -0.1) is 0 Å². The Bertz CT molecular complexity index is 690. The molecule has 0 bridgehead atoms. The standard InChI is InChI=1S/C17H23NO5S2/c19-16(18-8-9-24-12-15(18)11-17(20)21)13-25(22,23)10-4-7-14-5-2-1-3-6-14/h1-3,5-6,15H,4,7-13H2,(H,20,21). The lowest BCUT2D eigenvalue weighted by Crippen LogP contribution is -2.49. The van der Waals surface area contributed by atoms with Crippen LogP contribution < -0.4 is 0 Å². The van der Waals surface area contributed by atoms with Crippen LogP contribution in [0.3, 0.4) is 0 Å². The van der Waals surface area contributed by atoms with Crippen LogP contribution in [0.4, 0.5) is 0 Å². The summed E-state index contributed by atoms with van der Waals surface area (Å²) in [6.07, 6.45) is 0.969. The van der Waals surface area contributed by atoms with E-state index >= 15 is 0 Å². The van der Waals surface area contributed by atoms with Crippen LogP contribution in [-0.2, 0) is 25.8 Å². The first-order chi connectivity index (χ1) is 11.9. The molecule has 6 nitrogen and oxygen atoms in total. The molecule has 25 heavy (non-hydrogen) atoms. The van der Waals surface area contributed by atoms with Gasteiger partial charge < -0.3 is 10.0 Å². The molecule has 1 aliphatic rings. The number of hydrogen-bond donors (Lipinski definition) is 1. The number of rotatable bonds is 8. The van der Waals surface area contributed by atoms with Crippen molar-refractivity contribution < 1.29 is 23.1 Å². The van der Waals surface area contributed by atoms with Crippen LogP contribution in [0.15, 0.2) is 30.3 Å². The van der Waals surface area contributed by atoms with Crippen LogP contribution in [-0.4, -0.2) is 65.9 Å². The quantitative estimate of drug-likeness (QED) is 0.728. The largest absolute Gasteiger partial charge is 0.481 e. The molecule has 1 heterocycles. The van der Waals surface area contributed by atoms with Crippen LogP contribution in [0.5, 0.6) is 0 Å². The smallest absolute Gasteiger partial charge is 0.305 e. The Hall–Kier alpha value is -1.54. The molecule has 1 unspecified atom stereocenters. The van der Waals surface area contributed by atoms with Gasteiger partial charge in [-0.3, -0.25) is 9.59 Å². The lowest BCUT2D eigenvalue weighted by molar-refractivity contribution is -0.139. The first kappa shape index (κ1) is 19.8. The summed E-state index contributed by atoms with van der Waals surface area (Å²) in [5.74, 6) is -0.799. The average Bonchev–Trinajstić information content (AvgIpc) is 2.55. The lowest BCUT2D eigenvalue weighted by Gasteiger charge is -2.34. The highest BCUT2D eigenvalue weighted by Crippen LogP contribution is 2.19. The van der Waals surface area contributed by atoms with E-state index in [-0.39, 0.29) is 12.2 Å². The Morgan fingerprint density at radius 3 is 2.64 bits per heavy atom. The highest BCUT2D eigenvalue weighted by Gasteiger charge is 2.31. The molecule has 0 spiro atoms. The number of aryl methyl sites for hydroxylation is 1. The van der Waals surface area contributed by atoms with Crippen LogP contribution in [0, 0.1) is 0 Å². The zero-order valence-electron chi connectivity index (χ0n) is 14.0. The van der Waals surface area contributed by atoms with Gasteiger partial charge in [-0.05, 0) is 18.4 Å². The third kappa shape index (κ3) is 6.70. The molecule has 0 radical (unpaired) electrons. The predicted molar refractivity (Wildman–Crippen MR) is 98.5 cm³/mol. The van der Waals surface area contributed by atoms with Crippen molar-refractivity contribution in [3.8, 4) is 0 Å². The summed E-state index contributed by atoms with van der Waals surface area (Å²) in [5, 5.41) is 8.96. The lowest BCUT2D eigenvalue weighted by atomic mass is 10.1. The molecule has 1 N–H and O–H groups in total. The third-order valence-electron chi connectivity index (χ3n) is 4.07. The van der Waals surface area contributed by atoms with Gasteiger partial charge in [0.1, 0.15) is 5.75 Å². The fourth-order valence-electron chi connectivity index (χ4n) is 2.84. The molecule has 0 saturated carbocycles. The Morgan fingerprint density at radius 2 is 1.96 bits per heavy atom. The maximum atomic E-state index is 12.4. The fraction of sp³-hybridized carbons (Fsp3) is 0.529. The van der Waals surface area contributed by atoms with E-state index in [0.29, 0.717) is 30.9 Å². The van der Waals surface area contributed by atoms with Gasteiger partial charge in [-0.2, -0.15) is 11.8 Å². The number of hydrogen-bond acceptors (Lipinski definition) is 5. The molecule has 1 aliphatic heterocycles. The van der Waals surface area contributed by atoms with E-state index in [9.17, 15) is 18.0 Å². The van der Waals surface area contributed by atoms with Crippen molar-refractivity contribution in [3.63, 3.8) is 0 Å². The number of carboxylic acid groups (broad SMARTS) is 1. The molecule has 0 aromatic heterocycles. The molecule has 8 heteroatoms. The van der Waals surface area contributed by atoms with Crippen molar-refractivity contribution >= 4 is 33.5 Å². The van der Waals surface area contributed by atoms with Gasteiger partial charge in [-0.1, -0.05) is 30.3 Å². The number of benzene rings is 1. The van der Waals surface area contributed by atoms with E-state index in [0.717, 1.165) is 5.56 Å². The average molecular weight is 386 g/mol. The van der Waals surface area contributed by atoms with Crippen molar-refractivity contribution in [2.45, 2.75) is 25.3 Å². The van der Waals surface area contributed by atoms with Crippen LogP contribution >= 0.6 is 11.8 Å². The Morgan fingerprint density at radius 1 is 1.24 bits per heavy atom. The molecule has 1 fully saturated rings. The topological polar surface area (TPSA) is 91.8 Å². The third-order valence-corrected chi connectivity index (χ3v) is 6.75. The van der Waals surface area contributed by atoms with Crippen molar-refractivity contribution in [2.75, 3.05) is 29.6 Å². The number of carbonyl (C=O) groups excluding carboxylic acids is 1. The second-order valence-electron chi connectivity index (χ2n) is 6.09. The number of amides is 1. The van der Waals surface area contributed by atoms with Crippen molar-refractivity contribution in [1.82, 2.24) is 4.90 Å². The van der Waals surface area contributed by atoms with Gasteiger partial charge in [0.25, 0.3) is 0 Å². The number of aliphatic carboxylic acids is 1. The summed E-state index contributed by atoms with van der Waals surface area (Å²) in [5.41, 5.74) is 1.07. The first-order valence-electron chi connectivity index (χ1n) is 8.21. The highest BCUT2D eigenvalue weighted by atomic mass is 32.2. The van der Waals surface area contributed by atoms with Crippen molar-refractivity contribution in [1.29, 1.82) is 0 Å². The monoisotopic (exact) mass is 385 g/mol. The van der Waals surface area contributed by atoms with Gasteiger partial charge in [0.2, 0.25) is 5.91 Å². The molecule has 138 valence electrons. The van der Waals surface area contributed by atoms with Gasteiger partial charge in [0.15, 0.2) is 9.84 Å². The summed E-state index contributed by atoms with van der Waals surface area (Å²) in [7, 11) is -3.50. The summed E-state index contributed by atoms with van der Waals surface area (Å²) >= 11 is 1.59. The molecule has 1 amide bonds. The van der Waals surface area contributed by atoms with Gasteiger partial charge in [0, 0.05) is 18.1 Å². The molecule has 1 atom stereocenters. The number of sulfone groups is 1. The van der Waals surface area contributed by atoms with Crippen LogP contribution in [0.2, 0.25) is 0 Å². The molecular formula is C17H23NO5S2. The van der Waals surface area contributed by atoms with Crippen LogP contribution in [0.1, 0.15) is 18.4 Å². The van der Waals surface area contributed by atoms with Gasteiger partial charge in [-0.25, -0.2) is 8.42 Å². The SMILES string of the molecule is O=C(O)CC1CSCCN1C(=O)CS(=O)(=O)CCCc1ccccc1. The fourth-order valence-corrected chi connectivity index (χ4v) is 5.17. The van der Waals surface area contributed by atoms with Crippen LogP contribution in [0.25, 0.3) is 0 Å². The predicted octanol–water partition coefficient (Wildman–Crippen LogP) is 1.45. The van der Waals surface area contributed by atoms with E-state index in [4.69, 9.17) is 5.11 Å². The second-order valence-corrected chi connectivity index (χ2v) is 9.43. The van der Waals surface area contributed by atoms with Gasteiger partial charge in [0.05, 0.1) is 18.2 Å². The highest BCUT2D eigenvalue weighted by molar-refractivity contribution is 7.99. The Kier molecular flexibility index (Phi) is 7.31. The summed E-state index contributed by atoms with van der Waals surface area (Å²) in [6, 6.07) is 9.18. The zero-order valence-corrected chi connectivity index (χ0v) is 15.6. The maximum Gasteiger partial charge on any atom is 0.305 e. The van der Waals surface area contributed by atoms with E-state index in [1.54, 1.807) is 11.8 Å². The minimum absolute atomic E-state index is 0.0418. The maximum absolute atomic E-state index is 12.4.